The zero-order chi connectivity index (χ0) is 11.1. The second-order valence-electron chi connectivity index (χ2n) is 3.19. The molecule has 0 N–H and O–H groups in total. The minimum Gasteiger partial charge on any atom is -0.343 e. The predicted molar refractivity (Wildman–Crippen MR) is 48.9 cm³/mol. The molecule has 0 bridgehead atoms. The molecule has 2 rings (SSSR count). The molecule has 0 aliphatic carbocycles. The molecule has 7 heteroatoms. The number of anilines is 1. The van der Waals surface area contributed by atoms with Gasteiger partial charge in [0.2, 0.25) is 0 Å². The van der Waals surface area contributed by atoms with Crippen LogP contribution in [0.1, 0.15) is 5.69 Å². The summed E-state index contributed by atoms with van der Waals surface area (Å²) in [7, 11) is 0. The summed E-state index contributed by atoms with van der Waals surface area (Å²) in [6, 6.07) is 1.74. The molecular weight excluding hydrogens is 226 g/mol. The van der Waals surface area contributed by atoms with Crippen LogP contribution in [-0.2, 0) is 0 Å². The Morgan fingerprint density at radius 3 is 2.67 bits per heavy atom. The molecule has 0 atom stereocenters. The van der Waals surface area contributed by atoms with Crippen molar-refractivity contribution in [3.8, 4) is 6.07 Å². The van der Waals surface area contributed by atoms with Crippen LogP contribution in [0.25, 0.3) is 0 Å². The number of hydrogen-bond donors (Lipinski definition) is 0. The quantitative estimate of drug-likeness (QED) is 0.733. The fraction of sp³-hybridized carbons (Fsp3) is 0.375. The molecule has 1 aliphatic rings. The van der Waals surface area contributed by atoms with E-state index in [0.717, 1.165) is 0 Å². The second-order valence-corrected chi connectivity index (χ2v) is 3.55. The summed E-state index contributed by atoms with van der Waals surface area (Å²) in [6.07, 6.45) is 1.26. The molecule has 2 heterocycles. The van der Waals surface area contributed by atoms with Crippen LogP contribution in [0.4, 0.5) is 14.6 Å². The van der Waals surface area contributed by atoms with Crippen molar-refractivity contribution in [3.63, 3.8) is 0 Å². The van der Waals surface area contributed by atoms with Gasteiger partial charge < -0.3 is 4.90 Å². The van der Waals surface area contributed by atoms with Gasteiger partial charge in [-0.1, -0.05) is 11.6 Å². The average molecular weight is 231 g/mol. The van der Waals surface area contributed by atoms with Gasteiger partial charge in [0.25, 0.3) is 5.92 Å². The van der Waals surface area contributed by atoms with Crippen LogP contribution in [0.2, 0.25) is 5.15 Å². The fourth-order valence-corrected chi connectivity index (χ4v) is 1.44. The monoisotopic (exact) mass is 230 g/mol. The number of alkyl halides is 2. The Bertz CT molecular complexity index is 435. The van der Waals surface area contributed by atoms with Gasteiger partial charge in [0.15, 0.2) is 10.8 Å². The molecular formula is C8H5ClF2N4. The Kier molecular flexibility index (Phi) is 2.20. The topological polar surface area (TPSA) is 52.8 Å². The van der Waals surface area contributed by atoms with E-state index in [-0.39, 0.29) is 29.8 Å². The fourth-order valence-electron chi connectivity index (χ4n) is 1.26. The lowest BCUT2D eigenvalue weighted by molar-refractivity contribution is -0.0267. The SMILES string of the molecule is N#Cc1ncc(N2CC(F)(F)C2)nc1Cl. The molecule has 0 amide bonds. The van der Waals surface area contributed by atoms with E-state index in [1.807, 2.05) is 0 Å². The largest absolute Gasteiger partial charge is 0.343 e. The number of halogens is 3. The van der Waals surface area contributed by atoms with Gasteiger partial charge in [-0.05, 0) is 0 Å². The first-order chi connectivity index (χ1) is 7.02. The lowest BCUT2D eigenvalue weighted by Gasteiger charge is -2.39. The first-order valence-corrected chi connectivity index (χ1v) is 4.45. The van der Waals surface area contributed by atoms with Crippen molar-refractivity contribution in [2.45, 2.75) is 5.92 Å². The van der Waals surface area contributed by atoms with Gasteiger partial charge in [0.1, 0.15) is 11.9 Å². The van der Waals surface area contributed by atoms with Gasteiger partial charge in [-0.15, -0.1) is 0 Å². The smallest absolute Gasteiger partial charge is 0.282 e. The minimum atomic E-state index is -2.66. The molecule has 1 aromatic rings. The number of rotatable bonds is 1. The van der Waals surface area contributed by atoms with Gasteiger partial charge in [0.05, 0.1) is 19.3 Å². The van der Waals surface area contributed by atoms with Crippen molar-refractivity contribution in [1.29, 1.82) is 5.26 Å². The maximum absolute atomic E-state index is 12.5. The van der Waals surface area contributed by atoms with Crippen LogP contribution in [-0.4, -0.2) is 29.0 Å². The van der Waals surface area contributed by atoms with E-state index in [9.17, 15) is 8.78 Å². The normalized spacial score (nSPS) is 18.1. The molecule has 4 nitrogen and oxygen atoms in total. The Morgan fingerprint density at radius 2 is 2.20 bits per heavy atom. The van der Waals surface area contributed by atoms with Gasteiger partial charge in [-0.2, -0.15) is 5.26 Å². The van der Waals surface area contributed by atoms with Crippen molar-refractivity contribution < 1.29 is 8.78 Å². The second kappa shape index (κ2) is 3.28. The Morgan fingerprint density at radius 1 is 1.53 bits per heavy atom. The summed E-state index contributed by atoms with van der Waals surface area (Å²) in [5, 5.41) is 8.47. The Hall–Kier alpha value is -1.48. The van der Waals surface area contributed by atoms with E-state index in [1.165, 1.54) is 11.1 Å². The highest BCUT2D eigenvalue weighted by molar-refractivity contribution is 6.30. The van der Waals surface area contributed by atoms with Crippen molar-refractivity contribution in [3.05, 3.63) is 17.0 Å². The van der Waals surface area contributed by atoms with Gasteiger partial charge >= 0.3 is 0 Å². The minimum absolute atomic E-state index is 0.00676. The summed E-state index contributed by atoms with van der Waals surface area (Å²) in [5.41, 5.74) is -0.00676. The Labute approximate surface area is 89.1 Å². The van der Waals surface area contributed by atoms with Crippen LogP contribution in [0.3, 0.4) is 0 Å². The molecule has 0 spiro atoms. The van der Waals surface area contributed by atoms with Crippen molar-refractivity contribution in [2.75, 3.05) is 18.0 Å². The van der Waals surface area contributed by atoms with E-state index in [2.05, 4.69) is 9.97 Å². The van der Waals surface area contributed by atoms with E-state index in [1.54, 1.807) is 6.07 Å². The van der Waals surface area contributed by atoms with Crippen LogP contribution >= 0.6 is 11.6 Å². The van der Waals surface area contributed by atoms with Crippen molar-refractivity contribution in [1.82, 2.24) is 9.97 Å². The molecule has 0 saturated carbocycles. The maximum Gasteiger partial charge on any atom is 0.282 e. The molecule has 0 radical (unpaired) electrons. The third kappa shape index (κ3) is 1.83. The summed E-state index contributed by atoms with van der Waals surface area (Å²) in [6.45, 7) is -0.770. The molecule has 1 aromatic heterocycles. The third-order valence-corrected chi connectivity index (χ3v) is 2.26. The summed E-state index contributed by atoms with van der Waals surface area (Å²) in [4.78, 5) is 8.86. The average Bonchev–Trinajstić information content (AvgIpc) is 2.14. The molecule has 15 heavy (non-hydrogen) atoms. The number of hydrogen-bond acceptors (Lipinski definition) is 4. The summed E-state index contributed by atoms with van der Waals surface area (Å²) < 4.78 is 25.1. The molecule has 1 aliphatic heterocycles. The predicted octanol–water partition coefficient (Wildman–Crippen LogP) is 1.46. The van der Waals surface area contributed by atoms with E-state index in [4.69, 9.17) is 16.9 Å². The van der Waals surface area contributed by atoms with Crippen molar-refractivity contribution >= 4 is 17.4 Å². The maximum atomic E-state index is 12.5. The molecule has 0 unspecified atom stereocenters. The molecule has 78 valence electrons. The van der Waals surface area contributed by atoms with Crippen LogP contribution in [0, 0.1) is 11.3 Å². The van der Waals surface area contributed by atoms with Crippen LogP contribution < -0.4 is 4.90 Å². The van der Waals surface area contributed by atoms with E-state index < -0.39 is 5.92 Å². The summed E-state index contributed by atoms with van der Waals surface area (Å²) in [5.74, 6) is -2.40. The Balaban J connectivity index is 2.19. The summed E-state index contributed by atoms with van der Waals surface area (Å²) >= 11 is 5.62. The standard InChI is InChI=1S/C8H5ClF2N4/c9-7-5(1-12)13-2-6(14-7)15-3-8(10,11)4-15/h2H,3-4H2. The molecule has 1 fully saturated rings. The zero-order valence-corrected chi connectivity index (χ0v) is 8.17. The van der Waals surface area contributed by atoms with Crippen molar-refractivity contribution in [2.24, 2.45) is 0 Å². The number of nitriles is 1. The first-order valence-electron chi connectivity index (χ1n) is 4.07. The highest BCUT2D eigenvalue weighted by atomic mass is 35.5. The number of aromatic nitrogens is 2. The highest BCUT2D eigenvalue weighted by Crippen LogP contribution is 2.30. The number of nitrogens with zero attached hydrogens (tertiary/aromatic N) is 4. The molecule has 1 saturated heterocycles. The van der Waals surface area contributed by atoms with E-state index >= 15 is 0 Å². The van der Waals surface area contributed by atoms with Crippen LogP contribution in [0.5, 0.6) is 0 Å². The third-order valence-electron chi connectivity index (χ3n) is 1.99. The highest BCUT2D eigenvalue weighted by Gasteiger charge is 2.44. The van der Waals surface area contributed by atoms with E-state index in [0.29, 0.717) is 0 Å². The molecule has 0 aromatic carbocycles. The van der Waals surface area contributed by atoms with Gasteiger partial charge in [0, 0.05) is 0 Å². The first kappa shape index (κ1) is 10.1. The lowest BCUT2D eigenvalue weighted by atomic mass is 10.1. The lowest BCUT2D eigenvalue weighted by Crippen LogP contribution is -2.56. The van der Waals surface area contributed by atoms with Gasteiger partial charge in [-0.3, -0.25) is 0 Å². The van der Waals surface area contributed by atoms with Gasteiger partial charge in [-0.25, -0.2) is 18.7 Å². The van der Waals surface area contributed by atoms with Crippen LogP contribution in [0.15, 0.2) is 6.20 Å². The zero-order valence-electron chi connectivity index (χ0n) is 7.41.